The van der Waals surface area contributed by atoms with E-state index >= 15 is 0 Å². The van der Waals surface area contributed by atoms with Crippen LogP contribution in [0.25, 0.3) is 0 Å². The number of thioether (sulfide) groups is 1. The molecule has 4 atom stereocenters. The van der Waals surface area contributed by atoms with Gasteiger partial charge in [-0.05, 0) is 19.8 Å². The number of nitrogens with zero attached hydrogens (tertiary/aromatic N) is 4. The molecule has 1 N–H and O–H groups in total. The Balaban J connectivity index is 1.51. The number of aryl methyl sites for hydroxylation is 1. The summed E-state index contributed by atoms with van der Waals surface area (Å²) in [5.41, 5.74) is 0. The van der Waals surface area contributed by atoms with Crippen molar-refractivity contribution >= 4 is 17.7 Å². The van der Waals surface area contributed by atoms with Crippen molar-refractivity contribution in [3.05, 3.63) is 5.89 Å². The quantitative estimate of drug-likeness (QED) is 0.715. The topological polar surface area (TPSA) is 91.9 Å². The van der Waals surface area contributed by atoms with E-state index in [9.17, 15) is 9.90 Å². The number of aliphatic hydroxyl groups excluding tert-OH is 1. The number of hydrogen-bond acceptors (Lipinski definition) is 8. The second-order valence-electron chi connectivity index (χ2n) is 7.35. The molecule has 0 aromatic carbocycles. The van der Waals surface area contributed by atoms with Gasteiger partial charge in [0.05, 0.1) is 18.0 Å². The summed E-state index contributed by atoms with van der Waals surface area (Å²) >= 11 is 1.26. The molecule has 0 bridgehead atoms. The highest BCUT2D eigenvalue weighted by Gasteiger charge is 2.36. The summed E-state index contributed by atoms with van der Waals surface area (Å²) in [5, 5.41) is 17.8. The third kappa shape index (κ3) is 4.97. The molecule has 2 aliphatic rings. The van der Waals surface area contributed by atoms with Gasteiger partial charge in [-0.2, -0.15) is 0 Å². The van der Waals surface area contributed by atoms with Gasteiger partial charge in [0.15, 0.2) is 0 Å². The smallest absolute Gasteiger partial charge is 0.277 e. The maximum absolute atomic E-state index is 12.5. The van der Waals surface area contributed by atoms with Crippen LogP contribution >= 0.6 is 11.8 Å². The largest absolute Gasteiger partial charge is 0.416 e. The second kappa shape index (κ2) is 8.69. The van der Waals surface area contributed by atoms with E-state index in [4.69, 9.17) is 9.15 Å². The lowest BCUT2D eigenvalue weighted by Crippen LogP contribution is -2.48. The van der Waals surface area contributed by atoms with Gasteiger partial charge in [0.1, 0.15) is 0 Å². The number of amides is 1. The predicted octanol–water partition coefficient (Wildman–Crippen LogP) is 0.646. The minimum atomic E-state index is 0.0514. The van der Waals surface area contributed by atoms with E-state index in [1.807, 2.05) is 4.90 Å². The van der Waals surface area contributed by atoms with Crippen molar-refractivity contribution in [3.8, 4) is 0 Å². The first kappa shape index (κ1) is 19.6. The molecule has 26 heavy (non-hydrogen) atoms. The van der Waals surface area contributed by atoms with Crippen LogP contribution in [0.15, 0.2) is 9.64 Å². The summed E-state index contributed by atoms with van der Waals surface area (Å²) in [5.74, 6) is 1.24. The lowest BCUT2D eigenvalue weighted by atomic mass is 9.96. The number of likely N-dealkylation sites (tertiary alicyclic amines) is 1. The van der Waals surface area contributed by atoms with Crippen LogP contribution in [-0.2, 0) is 9.53 Å². The van der Waals surface area contributed by atoms with Crippen molar-refractivity contribution in [2.75, 3.05) is 45.1 Å². The monoisotopic (exact) mass is 384 g/mol. The van der Waals surface area contributed by atoms with E-state index in [1.165, 1.54) is 11.8 Å². The summed E-state index contributed by atoms with van der Waals surface area (Å²) < 4.78 is 11.1. The molecular weight excluding hydrogens is 356 g/mol. The van der Waals surface area contributed by atoms with Crippen LogP contribution in [0.5, 0.6) is 0 Å². The molecule has 0 unspecified atom stereocenters. The Kier molecular flexibility index (Phi) is 6.55. The zero-order valence-electron chi connectivity index (χ0n) is 15.6. The first-order valence-corrected chi connectivity index (χ1v) is 10.1. The average Bonchev–Trinajstić information content (AvgIpc) is 3.17. The Bertz CT molecular complexity index is 603. The number of morpholine rings is 1. The van der Waals surface area contributed by atoms with Gasteiger partial charge in [-0.1, -0.05) is 11.8 Å². The minimum absolute atomic E-state index is 0.0514. The maximum Gasteiger partial charge on any atom is 0.277 e. The fourth-order valence-corrected chi connectivity index (χ4v) is 4.58. The number of carbonyl (C=O) groups is 1. The number of rotatable bonds is 6. The first-order chi connectivity index (χ1) is 12.4. The fourth-order valence-electron chi connectivity index (χ4n) is 3.87. The molecule has 2 saturated heterocycles. The Morgan fingerprint density at radius 1 is 1.19 bits per heavy atom. The normalized spacial score (nSPS) is 30.1. The standard InChI is InChI=1S/C17H28N4O4S/c1-11-4-20(5-12(2)24-11)6-14-7-21(8-15(14)9-22)16(23)10-26-17-19-18-13(3)25-17/h11-12,14-15,22H,4-10H2,1-3H3/t11-,12+,14-,15-/m1/s1. The summed E-state index contributed by atoms with van der Waals surface area (Å²) in [7, 11) is 0. The van der Waals surface area contributed by atoms with Crippen LogP contribution in [0.1, 0.15) is 19.7 Å². The molecule has 2 aliphatic heterocycles. The molecule has 0 aliphatic carbocycles. The van der Waals surface area contributed by atoms with E-state index in [0.29, 0.717) is 24.2 Å². The number of aromatic nitrogens is 2. The minimum Gasteiger partial charge on any atom is -0.416 e. The van der Waals surface area contributed by atoms with E-state index in [0.717, 1.165) is 19.6 Å². The second-order valence-corrected chi connectivity index (χ2v) is 8.28. The van der Waals surface area contributed by atoms with Crippen molar-refractivity contribution in [3.63, 3.8) is 0 Å². The third-order valence-corrected chi connectivity index (χ3v) is 5.78. The van der Waals surface area contributed by atoms with Crippen LogP contribution in [0.3, 0.4) is 0 Å². The Morgan fingerprint density at radius 2 is 1.88 bits per heavy atom. The van der Waals surface area contributed by atoms with Gasteiger partial charge < -0.3 is 19.2 Å². The average molecular weight is 385 g/mol. The highest BCUT2D eigenvalue weighted by molar-refractivity contribution is 7.99. The summed E-state index contributed by atoms with van der Waals surface area (Å²) in [6.45, 7) is 10.0. The number of hydrogen-bond donors (Lipinski definition) is 1. The number of carbonyl (C=O) groups excluding carboxylic acids is 1. The SMILES string of the molecule is Cc1nnc(SCC(=O)N2C[C@@H](CN3C[C@@H](C)O[C@@H](C)C3)[C@@H](CO)C2)o1. The zero-order valence-corrected chi connectivity index (χ0v) is 16.4. The molecular formula is C17H28N4O4S. The van der Waals surface area contributed by atoms with Gasteiger partial charge in [-0.3, -0.25) is 9.69 Å². The van der Waals surface area contributed by atoms with Gasteiger partial charge in [0, 0.05) is 52.2 Å². The highest BCUT2D eigenvalue weighted by atomic mass is 32.2. The Morgan fingerprint density at radius 3 is 2.50 bits per heavy atom. The van der Waals surface area contributed by atoms with Gasteiger partial charge >= 0.3 is 0 Å². The number of aliphatic hydroxyl groups is 1. The molecule has 8 nitrogen and oxygen atoms in total. The molecule has 1 aromatic heterocycles. The Labute approximate surface area is 158 Å². The van der Waals surface area contributed by atoms with Gasteiger partial charge in [-0.15, -0.1) is 10.2 Å². The van der Waals surface area contributed by atoms with Crippen molar-refractivity contribution in [1.82, 2.24) is 20.0 Å². The van der Waals surface area contributed by atoms with Crippen LogP contribution < -0.4 is 0 Å². The molecule has 2 fully saturated rings. The fraction of sp³-hybridized carbons (Fsp3) is 0.824. The van der Waals surface area contributed by atoms with E-state index < -0.39 is 0 Å². The summed E-state index contributed by atoms with van der Waals surface area (Å²) in [6, 6.07) is 0. The van der Waals surface area contributed by atoms with Crippen LogP contribution in [-0.4, -0.2) is 88.3 Å². The van der Waals surface area contributed by atoms with E-state index in [2.05, 4.69) is 28.9 Å². The van der Waals surface area contributed by atoms with E-state index in [-0.39, 0.29) is 42.3 Å². The van der Waals surface area contributed by atoms with Gasteiger partial charge in [-0.25, -0.2) is 0 Å². The molecule has 0 spiro atoms. The lowest BCUT2D eigenvalue weighted by Gasteiger charge is -2.37. The molecule has 0 radical (unpaired) electrons. The molecule has 1 aromatic rings. The van der Waals surface area contributed by atoms with Crippen LogP contribution in [0, 0.1) is 18.8 Å². The van der Waals surface area contributed by atoms with Crippen LogP contribution in [0.4, 0.5) is 0 Å². The molecule has 1 amide bonds. The van der Waals surface area contributed by atoms with Crippen LogP contribution in [0.2, 0.25) is 0 Å². The third-order valence-electron chi connectivity index (χ3n) is 4.98. The van der Waals surface area contributed by atoms with E-state index in [1.54, 1.807) is 6.92 Å². The summed E-state index contributed by atoms with van der Waals surface area (Å²) in [4.78, 5) is 16.8. The van der Waals surface area contributed by atoms with Gasteiger partial charge in [0.2, 0.25) is 11.8 Å². The van der Waals surface area contributed by atoms with Crippen molar-refractivity contribution in [2.45, 2.75) is 38.2 Å². The first-order valence-electron chi connectivity index (χ1n) is 9.14. The maximum atomic E-state index is 12.5. The molecule has 3 heterocycles. The molecule has 146 valence electrons. The zero-order chi connectivity index (χ0) is 18.7. The highest BCUT2D eigenvalue weighted by Crippen LogP contribution is 2.27. The number of ether oxygens (including phenoxy) is 1. The molecule has 3 rings (SSSR count). The lowest BCUT2D eigenvalue weighted by molar-refractivity contribution is -0.127. The predicted molar refractivity (Wildman–Crippen MR) is 96.9 cm³/mol. The van der Waals surface area contributed by atoms with Crippen molar-refractivity contribution in [2.24, 2.45) is 11.8 Å². The molecule has 9 heteroatoms. The summed E-state index contributed by atoms with van der Waals surface area (Å²) in [6.07, 6.45) is 0.444. The van der Waals surface area contributed by atoms with Crippen molar-refractivity contribution < 1.29 is 19.1 Å². The Hall–Kier alpha value is -1.16. The van der Waals surface area contributed by atoms with Crippen molar-refractivity contribution in [1.29, 1.82) is 0 Å². The van der Waals surface area contributed by atoms with Gasteiger partial charge in [0.25, 0.3) is 5.22 Å². The molecule has 0 saturated carbocycles.